The first-order valence-corrected chi connectivity index (χ1v) is 4.31. The zero-order chi connectivity index (χ0) is 11.0. The largest absolute Gasteiger partial charge is 0.417 e. The van der Waals surface area contributed by atoms with Crippen LogP contribution >= 0.6 is 0 Å². The molecule has 77 valence electrons. The summed E-state index contributed by atoms with van der Waals surface area (Å²) in [6.45, 7) is 5.58. The zero-order valence-corrected chi connectivity index (χ0v) is 8.37. The lowest BCUT2D eigenvalue weighted by Gasteiger charge is -2.19. The lowest BCUT2D eigenvalue weighted by atomic mass is 9.86. The zero-order valence-electron chi connectivity index (χ0n) is 8.37. The molecule has 0 nitrogen and oxygen atoms in total. The molecule has 0 saturated heterocycles. The average Bonchev–Trinajstić information content (AvgIpc) is 2.01. The Labute approximate surface area is 81.8 Å². The van der Waals surface area contributed by atoms with Crippen LogP contribution in [0.2, 0.25) is 0 Å². The monoisotopic (exact) mass is 201 g/mol. The van der Waals surface area contributed by atoms with Gasteiger partial charge in [0, 0.05) is 0 Å². The van der Waals surface area contributed by atoms with E-state index in [1.54, 1.807) is 6.07 Å². The molecule has 1 rings (SSSR count). The van der Waals surface area contributed by atoms with Gasteiger partial charge in [0.1, 0.15) is 0 Å². The molecule has 0 bridgehead atoms. The van der Waals surface area contributed by atoms with Crippen LogP contribution in [0, 0.1) is 6.07 Å². The van der Waals surface area contributed by atoms with Crippen molar-refractivity contribution in [3.05, 3.63) is 35.4 Å². The van der Waals surface area contributed by atoms with Crippen molar-refractivity contribution in [1.82, 2.24) is 0 Å². The van der Waals surface area contributed by atoms with E-state index in [1.807, 2.05) is 20.8 Å². The van der Waals surface area contributed by atoms with E-state index >= 15 is 0 Å². The highest BCUT2D eigenvalue weighted by atomic mass is 19.4. The standard InChI is InChI=1S/C11H12F3/c1-10(2,3)8-5-4-6-9(7-8)11(12,13)14/h4-6H,1-3H3. The molecule has 0 heterocycles. The van der Waals surface area contributed by atoms with E-state index in [4.69, 9.17) is 0 Å². The van der Waals surface area contributed by atoms with Crippen LogP contribution in [0.1, 0.15) is 31.9 Å². The average molecular weight is 201 g/mol. The lowest BCUT2D eigenvalue weighted by molar-refractivity contribution is -0.137. The quantitative estimate of drug-likeness (QED) is 0.598. The van der Waals surface area contributed by atoms with Gasteiger partial charge < -0.3 is 0 Å². The minimum absolute atomic E-state index is 0.304. The predicted octanol–water partition coefficient (Wildman–Crippen LogP) is 3.80. The molecule has 14 heavy (non-hydrogen) atoms. The molecule has 0 atom stereocenters. The number of benzene rings is 1. The summed E-state index contributed by atoms with van der Waals surface area (Å²) in [5, 5.41) is 0. The summed E-state index contributed by atoms with van der Waals surface area (Å²) in [6.07, 6.45) is -4.30. The van der Waals surface area contributed by atoms with E-state index in [0.29, 0.717) is 5.56 Å². The Morgan fingerprint density at radius 1 is 1.00 bits per heavy atom. The molecular formula is C11H12F3. The van der Waals surface area contributed by atoms with Crippen LogP contribution in [0.15, 0.2) is 18.2 Å². The molecule has 3 heteroatoms. The van der Waals surface area contributed by atoms with E-state index in [0.717, 1.165) is 6.07 Å². The highest BCUT2D eigenvalue weighted by molar-refractivity contribution is 5.28. The van der Waals surface area contributed by atoms with Crippen LogP contribution in [-0.4, -0.2) is 0 Å². The van der Waals surface area contributed by atoms with Gasteiger partial charge in [-0.1, -0.05) is 32.9 Å². The van der Waals surface area contributed by atoms with Gasteiger partial charge in [0.2, 0.25) is 0 Å². The maximum absolute atomic E-state index is 12.3. The van der Waals surface area contributed by atoms with Crippen LogP contribution < -0.4 is 0 Å². The van der Waals surface area contributed by atoms with Crippen LogP contribution in [0.25, 0.3) is 0 Å². The third-order valence-corrected chi connectivity index (χ3v) is 1.91. The Morgan fingerprint density at radius 3 is 1.93 bits per heavy atom. The Morgan fingerprint density at radius 2 is 1.50 bits per heavy atom. The van der Waals surface area contributed by atoms with Crippen molar-refractivity contribution in [3.63, 3.8) is 0 Å². The summed E-state index contributed by atoms with van der Waals surface area (Å²) in [6, 6.07) is 6.51. The third kappa shape index (κ3) is 2.50. The fourth-order valence-electron chi connectivity index (χ4n) is 1.07. The second-order valence-electron chi connectivity index (χ2n) is 4.23. The highest BCUT2D eigenvalue weighted by Crippen LogP contribution is 2.31. The third-order valence-electron chi connectivity index (χ3n) is 1.91. The van der Waals surface area contributed by atoms with E-state index in [1.165, 1.54) is 6.07 Å². The second kappa shape index (κ2) is 3.30. The Hall–Kier alpha value is -0.990. The van der Waals surface area contributed by atoms with Gasteiger partial charge >= 0.3 is 6.18 Å². The summed E-state index contributed by atoms with van der Waals surface area (Å²) in [5.41, 5.74) is -0.432. The smallest absolute Gasteiger partial charge is 0.166 e. The second-order valence-corrected chi connectivity index (χ2v) is 4.23. The Kier molecular flexibility index (Phi) is 2.61. The van der Waals surface area contributed by atoms with Crippen LogP contribution in [-0.2, 0) is 11.6 Å². The summed E-state index contributed by atoms with van der Waals surface area (Å²) >= 11 is 0. The minimum Gasteiger partial charge on any atom is -0.166 e. The minimum atomic E-state index is -4.30. The van der Waals surface area contributed by atoms with Gasteiger partial charge in [0.25, 0.3) is 0 Å². The molecule has 0 aliphatic heterocycles. The van der Waals surface area contributed by atoms with Crippen LogP contribution in [0.4, 0.5) is 13.2 Å². The maximum Gasteiger partial charge on any atom is 0.417 e. The van der Waals surface area contributed by atoms with Gasteiger partial charge in [-0.25, -0.2) is 0 Å². The molecule has 1 radical (unpaired) electrons. The van der Waals surface area contributed by atoms with Crippen molar-refractivity contribution in [1.29, 1.82) is 0 Å². The fourth-order valence-corrected chi connectivity index (χ4v) is 1.07. The first-order valence-electron chi connectivity index (χ1n) is 4.31. The molecule has 0 aliphatic rings. The molecule has 0 N–H and O–H groups in total. The first-order chi connectivity index (χ1) is 6.21. The topological polar surface area (TPSA) is 0 Å². The Bertz CT molecular complexity index is 289. The van der Waals surface area contributed by atoms with E-state index in [-0.39, 0.29) is 5.41 Å². The Balaban J connectivity index is 3.15. The molecule has 1 aromatic carbocycles. The molecule has 0 aromatic heterocycles. The van der Waals surface area contributed by atoms with Crippen molar-refractivity contribution in [2.24, 2.45) is 0 Å². The van der Waals surface area contributed by atoms with Crippen LogP contribution in [0.5, 0.6) is 0 Å². The van der Waals surface area contributed by atoms with Crippen molar-refractivity contribution >= 4 is 0 Å². The van der Waals surface area contributed by atoms with E-state index < -0.39 is 11.7 Å². The van der Waals surface area contributed by atoms with Gasteiger partial charge in [-0.05, 0) is 23.1 Å². The summed E-state index contributed by atoms with van der Waals surface area (Å²) in [7, 11) is 0. The molecule has 0 spiro atoms. The van der Waals surface area contributed by atoms with Gasteiger partial charge in [-0.15, -0.1) is 0 Å². The molecule has 1 aromatic rings. The number of alkyl halides is 3. The van der Waals surface area contributed by atoms with Crippen LogP contribution in [0.3, 0.4) is 0 Å². The summed E-state index contributed by atoms with van der Waals surface area (Å²) in [4.78, 5) is 0. The van der Waals surface area contributed by atoms with Crippen molar-refractivity contribution < 1.29 is 13.2 Å². The first kappa shape index (κ1) is 11.1. The number of hydrogen-bond donors (Lipinski definition) is 0. The number of rotatable bonds is 0. The predicted molar refractivity (Wildman–Crippen MR) is 49.0 cm³/mol. The molecule has 0 saturated carbocycles. The molecule has 0 fully saturated rings. The van der Waals surface area contributed by atoms with Crippen molar-refractivity contribution in [2.45, 2.75) is 32.4 Å². The molecule has 0 aliphatic carbocycles. The van der Waals surface area contributed by atoms with Crippen molar-refractivity contribution in [3.8, 4) is 0 Å². The number of hydrogen-bond acceptors (Lipinski definition) is 0. The maximum atomic E-state index is 12.3. The van der Waals surface area contributed by atoms with Gasteiger partial charge in [-0.3, -0.25) is 0 Å². The van der Waals surface area contributed by atoms with Gasteiger partial charge in [-0.2, -0.15) is 13.2 Å². The normalized spacial score (nSPS) is 13.0. The van der Waals surface area contributed by atoms with Gasteiger partial charge in [0.15, 0.2) is 0 Å². The fraction of sp³-hybridized carbons (Fsp3) is 0.455. The highest BCUT2D eigenvalue weighted by Gasteiger charge is 2.31. The van der Waals surface area contributed by atoms with E-state index in [2.05, 4.69) is 6.07 Å². The van der Waals surface area contributed by atoms with E-state index in [9.17, 15) is 13.2 Å². The summed E-state index contributed by atoms with van der Waals surface area (Å²) < 4.78 is 37.0. The SMILES string of the molecule is CC(C)(C)c1[c]c(C(F)(F)F)ccc1. The molecular weight excluding hydrogens is 189 g/mol. The van der Waals surface area contributed by atoms with Gasteiger partial charge in [0.05, 0.1) is 5.56 Å². The molecule has 0 unspecified atom stereocenters. The molecule has 0 amide bonds. The summed E-state index contributed by atoms with van der Waals surface area (Å²) in [5.74, 6) is 0. The van der Waals surface area contributed by atoms with Crippen molar-refractivity contribution in [2.75, 3.05) is 0 Å². The number of halogens is 3. The lowest BCUT2D eigenvalue weighted by Crippen LogP contribution is -2.14.